The molecule has 0 aliphatic rings. The highest BCUT2D eigenvalue weighted by Crippen LogP contribution is 2.34. The first-order valence-corrected chi connectivity index (χ1v) is 6.45. The second-order valence-corrected chi connectivity index (χ2v) is 4.87. The number of aromatic nitrogens is 1. The van der Waals surface area contributed by atoms with E-state index < -0.39 is 5.82 Å². The normalized spacial score (nSPS) is 11.4. The van der Waals surface area contributed by atoms with Crippen molar-refractivity contribution in [3.8, 4) is 11.6 Å². The summed E-state index contributed by atoms with van der Waals surface area (Å²) in [5, 5.41) is 11.6. The highest BCUT2D eigenvalue weighted by Gasteiger charge is 2.14. The van der Waals surface area contributed by atoms with Gasteiger partial charge in [0.15, 0.2) is 5.84 Å². The van der Waals surface area contributed by atoms with Crippen LogP contribution in [0.25, 0.3) is 0 Å². The lowest BCUT2D eigenvalue weighted by Crippen LogP contribution is -2.14. The largest absolute Gasteiger partial charge is 0.436 e. The molecule has 104 valence electrons. The molecule has 8 heteroatoms. The quantitative estimate of drug-likeness (QED) is 0.380. The number of nitrogens with two attached hydrogens (primary N) is 1. The van der Waals surface area contributed by atoms with Crippen molar-refractivity contribution < 1.29 is 14.3 Å². The third-order valence-corrected chi connectivity index (χ3v) is 3.36. The van der Waals surface area contributed by atoms with Crippen LogP contribution in [0.4, 0.5) is 4.39 Å². The fourth-order valence-electron chi connectivity index (χ4n) is 1.41. The zero-order valence-corrected chi connectivity index (χ0v) is 12.2. The Labute approximate surface area is 127 Å². The maximum Gasteiger partial charge on any atom is 0.238 e. The average molecular weight is 361 g/mol. The van der Waals surface area contributed by atoms with E-state index in [1.165, 1.54) is 30.5 Å². The number of ether oxygens (including phenoxy) is 1. The minimum absolute atomic E-state index is 0.0158. The molecule has 0 radical (unpaired) electrons. The van der Waals surface area contributed by atoms with Gasteiger partial charge in [-0.1, -0.05) is 16.8 Å². The topological polar surface area (TPSA) is 80.7 Å². The minimum Gasteiger partial charge on any atom is -0.436 e. The van der Waals surface area contributed by atoms with Crippen LogP contribution in [-0.4, -0.2) is 16.0 Å². The standard InChI is InChI=1S/C12H8BrClFN3O2/c13-8-2-1-6(15)5-9(8)20-12-10(14)7(3-4-17-12)11(16)18-19/h1-5,19H,(H2,16,18). The number of rotatable bonds is 3. The van der Waals surface area contributed by atoms with Crippen molar-refractivity contribution in [1.82, 2.24) is 4.98 Å². The molecular weight excluding hydrogens is 353 g/mol. The van der Waals surface area contributed by atoms with Gasteiger partial charge in [0.05, 0.1) is 4.47 Å². The van der Waals surface area contributed by atoms with Crippen molar-refractivity contribution in [2.24, 2.45) is 10.9 Å². The van der Waals surface area contributed by atoms with Crippen LogP contribution in [0, 0.1) is 5.82 Å². The zero-order valence-electron chi connectivity index (χ0n) is 9.85. The summed E-state index contributed by atoms with van der Waals surface area (Å²) in [5.74, 6) is -0.425. The Balaban J connectivity index is 2.42. The molecule has 0 atom stereocenters. The Morgan fingerprint density at radius 3 is 2.90 bits per heavy atom. The number of hydrogen-bond donors (Lipinski definition) is 2. The number of halogens is 3. The number of oxime groups is 1. The van der Waals surface area contributed by atoms with Gasteiger partial charge in [-0.3, -0.25) is 0 Å². The summed E-state index contributed by atoms with van der Waals surface area (Å²) >= 11 is 9.28. The molecule has 0 saturated carbocycles. The van der Waals surface area contributed by atoms with Gasteiger partial charge in [-0.2, -0.15) is 0 Å². The van der Waals surface area contributed by atoms with E-state index in [-0.39, 0.29) is 28.1 Å². The summed E-state index contributed by atoms with van der Waals surface area (Å²) in [6, 6.07) is 5.41. The summed E-state index contributed by atoms with van der Waals surface area (Å²) in [5.41, 5.74) is 5.73. The first kappa shape index (κ1) is 14.5. The monoisotopic (exact) mass is 359 g/mol. The third-order valence-electron chi connectivity index (χ3n) is 2.34. The molecule has 1 aromatic carbocycles. The van der Waals surface area contributed by atoms with Crippen LogP contribution in [0.2, 0.25) is 5.02 Å². The molecule has 0 aliphatic heterocycles. The van der Waals surface area contributed by atoms with Crippen molar-refractivity contribution >= 4 is 33.4 Å². The van der Waals surface area contributed by atoms with E-state index in [1.54, 1.807) is 0 Å². The molecule has 0 amide bonds. The van der Waals surface area contributed by atoms with Gasteiger partial charge in [-0.05, 0) is 34.1 Å². The van der Waals surface area contributed by atoms with Crippen LogP contribution in [-0.2, 0) is 0 Å². The van der Waals surface area contributed by atoms with E-state index in [0.29, 0.717) is 4.47 Å². The smallest absolute Gasteiger partial charge is 0.238 e. The number of nitrogens with zero attached hydrogens (tertiary/aromatic N) is 2. The summed E-state index contributed by atoms with van der Waals surface area (Å²) in [7, 11) is 0. The molecule has 1 aromatic heterocycles. The summed E-state index contributed by atoms with van der Waals surface area (Å²) in [4.78, 5) is 3.93. The molecule has 0 spiro atoms. The van der Waals surface area contributed by atoms with Crippen molar-refractivity contribution in [3.05, 3.63) is 51.3 Å². The van der Waals surface area contributed by atoms with Crippen molar-refractivity contribution in [1.29, 1.82) is 0 Å². The molecular formula is C12H8BrClFN3O2. The lowest BCUT2D eigenvalue weighted by Gasteiger charge is -2.10. The van der Waals surface area contributed by atoms with Crippen LogP contribution < -0.4 is 10.5 Å². The predicted molar refractivity (Wildman–Crippen MR) is 75.9 cm³/mol. The second kappa shape index (κ2) is 6.06. The molecule has 0 aliphatic carbocycles. The van der Waals surface area contributed by atoms with E-state index in [0.717, 1.165) is 0 Å². The summed E-state index contributed by atoms with van der Waals surface area (Å²) < 4.78 is 19.2. The van der Waals surface area contributed by atoms with Gasteiger partial charge in [0.2, 0.25) is 5.88 Å². The Morgan fingerprint density at radius 2 is 2.20 bits per heavy atom. The molecule has 2 aromatic rings. The molecule has 2 rings (SSSR count). The van der Waals surface area contributed by atoms with E-state index in [2.05, 4.69) is 26.1 Å². The van der Waals surface area contributed by atoms with E-state index in [1.807, 2.05) is 0 Å². The van der Waals surface area contributed by atoms with Crippen LogP contribution in [0.15, 0.2) is 40.1 Å². The number of amidine groups is 1. The van der Waals surface area contributed by atoms with Gasteiger partial charge >= 0.3 is 0 Å². The Bertz CT molecular complexity index is 682. The Kier molecular flexibility index (Phi) is 4.41. The molecule has 0 fully saturated rings. The van der Waals surface area contributed by atoms with Crippen LogP contribution in [0.1, 0.15) is 5.56 Å². The van der Waals surface area contributed by atoms with E-state index in [9.17, 15) is 4.39 Å². The first-order chi connectivity index (χ1) is 9.52. The molecule has 0 saturated heterocycles. The van der Waals surface area contributed by atoms with Crippen molar-refractivity contribution in [2.75, 3.05) is 0 Å². The molecule has 3 N–H and O–H groups in total. The second-order valence-electron chi connectivity index (χ2n) is 3.64. The maximum atomic E-state index is 13.2. The summed E-state index contributed by atoms with van der Waals surface area (Å²) in [6.45, 7) is 0. The lowest BCUT2D eigenvalue weighted by atomic mass is 10.2. The van der Waals surface area contributed by atoms with Crippen molar-refractivity contribution in [3.63, 3.8) is 0 Å². The van der Waals surface area contributed by atoms with Crippen molar-refractivity contribution in [2.45, 2.75) is 0 Å². The van der Waals surface area contributed by atoms with E-state index in [4.69, 9.17) is 27.3 Å². The van der Waals surface area contributed by atoms with Crippen LogP contribution in [0.5, 0.6) is 11.6 Å². The van der Waals surface area contributed by atoms with Gasteiger partial charge < -0.3 is 15.7 Å². The van der Waals surface area contributed by atoms with E-state index >= 15 is 0 Å². The highest BCUT2D eigenvalue weighted by molar-refractivity contribution is 9.10. The van der Waals surface area contributed by atoms with Gasteiger partial charge in [0.25, 0.3) is 0 Å². The zero-order chi connectivity index (χ0) is 14.7. The Hall–Kier alpha value is -1.86. The first-order valence-electron chi connectivity index (χ1n) is 5.28. The fourth-order valence-corrected chi connectivity index (χ4v) is 1.98. The van der Waals surface area contributed by atoms with Crippen LogP contribution in [0.3, 0.4) is 0 Å². The van der Waals surface area contributed by atoms with Gasteiger partial charge in [0.1, 0.15) is 16.6 Å². The minimum atomic E-state index is -0.466. The SMILES string of the molecule is N/C(=N/O)c1ccnc(Oc2cc(F)ccc2Br)c1Cl. The fraction of sp³-hybridized carbons (Fsp3) is 0. The summed E-state index contributed by atoms with van der Waals surface area (Å²) in [6.07, 6.45) is 1.38. The number of benzene rings is 1. The molecule has 5 nitrogen and oxygen atoms in total. The van der Waals surface area contributed by atoms with Gasteiger partial charge in [-0.15, -0.1) is 0 Å². The molecule has 0 unspecified atom stereocenters. The third kappa shape index (κ3) is 3.00. The van der Waals surface area contributed by atoms with Crippen LogP contribution >= 0.6 is 27.5 Å². The predicted octanol–water partition coefficient (Wildman–Crippen LogP) is 3.52. The highest BCUT2D eigenvalue weighted by atomic mass is 79.9. The molecule has 1 heterocycles. The lowest BCUT2D eigenvalue weighted by molar-refractivity contribution is 0.318. The molecule has 0 bridgehead atoms. The van der Waals surface area contributed by atoms with Gasteiger partial charge in [-0.25, -0.2) is 9.37 Å². The Morgan fingerprint density at radius 1 is 1.45 bits per heavy atom. The van der Waals surface area contributed by atoms with Gasteiger partial charge in [0, 0.05) is 17.8 Å². The number of pyridine rings is 1. The maximum absolute atomic E-state index is 13.2. The molecule has 20 heavy (non-hydrogen) atoms. The number of hydrogen-bond acceptors (Lipinski definition) is 4. The average Bonchev–Trinajstić information content (AvgIpc) is 2.44.